The molecular formula is C22H38O4Si. The Morgan fingerprint density at radius 1 is 1.11 bits per heavy atom. The normalized spacial score (nSPS) is 15.9. The van der Waals surface area contributed by atoms with E-state index in [-0.39, 0.29) is 28.8 Å². The molecule has 0 unspecified atom stereocenters. The molecule has 0 amide bonds. The predicted octanol–water partition coefficient (Wildman–Crippen LogP) is 5.46. The van der Waals surface area contributed by atoms with Crippen molar-refractivity contribution in [3.05, 3.63) is 29.8 Å². The van der Waals surface area contributed by atoms with Crippen LogP contribution in [0.15, 0.2) is 24.3 Å². The monoisotopic (exact) mass is 394 g/mol. The Kier molecular flexibility index (Phi) is 8.71. The van der Waals surface area contributed by atoms with E-state index in [4.69, 9.17) is 13.9 Å². The van der Waals surface area contributed by atoms with Gasteiger partial charge in [-0.2, -0.15) is 0 Å². The molecule has 0 aliphatic rings. The number of ketones is 1. The van der Waals surface area contributed by atoms with E-state index in [1.165, 1.54) is 0 Å². The lowest BCUT2D eigenvalue weighted by atomic mass is 9.91. The quantitative estimate of drug-likeness (QED) is 0.494. The second-order valence-electron chi connectivity index (χ2n) is 9.07. The van der Waals surface area contributed by atoms with Crippen molar-refractivity contribution in [2.75, 3.05) is 13.7 Å². The van der Waals surface area contributed by atoms with Gasteiger partial charge in [0.25, 0.3) is 0 Å². The third-order valence-electron chi connectivity index (χ3n) is 5.81. The summed E-state index contributed by atoms with van der Waals surface area (Å²) in [5.41, 5.74) is 1.06. The van der Waals surface area contributed by atoms with Crippen molar-refractivity contribution in [1.29, 1.82) is 0 Å². The Morgan fingerprint density at radius 2 is 1.67 bits per heavy atom. The van der Waals surface area contributed by atoms with Crippen molar-refractivity contribution in [2.45, 2.75) is 72.4 Å². The van der Waals surface area contributed by atoms with Gasteiger partial charge in [0.15, 0.2) is 8.32 Å². The van der Waals surface area contributed by atoms with Crippen molar-refractivity contribution in [3.63, 3.8) is 0 Å². The molecule has 0 aliphatic heterocycles. The van der Waals surface area contributed by atoms with Gasteiger partial charge < -0.3 is 13.9 Å². The lowest BCUT2D eigenvalue weighted by Gasteiger charge is -2.38. The summed E-state index contributed by atoms with van der Waals surface area (Å²) < 4.78 is 17.8. The molecule has 0 spiro atoms. The molecule has 1 aromatic carbocycles. The minimum Gasteiger partial charge on any atom is -0.497 e. The molecular weight excluding hydrogens is 356 g/mol. The molecule has 0 saturated heterocycles. The van der Waals surface area contributed by atoms with Gasteiger partial charge in [-0.15, -0.1) is 0 Å². The average Bonchev–Trinajstić information content (AvgIpc) is 2.59. The fourth-order valence-electron chi connectivity index (χ4n) is 2.60. The molecule has 1 aromatic rings. The largest absolute Gasteiger partial charge is 0.497 e. The third kappa shape index (κ3) is 7.05. The zero-order valence-corrected chi connectivity index (χ0v) is 19.6. The number of carbonyl (C=O) groups is 1. The highest BCUT2D eigenvalue weighted by Gasteiger charge is 2.38. The zero-order chi connectivity index (χ0) is 20.8. The van der Waals surface area contributed by atoms with Crippen molar-refractivity contribution >= 4 is 14.1 Å². The number of benzene rings is 1. The van der Waals surface area contributed by atoms with E-state index in [0.717, 1.165) is 11.3 Å². The highest BCUT2D eigenvalue weighted by atomic mass is 28.4. The number of Topliss-reactive ketones (excluding diaryl/α,β-unsaturated/α-hetero) is 1. The van der Waals surface area contributed by atoms with Crippen LogP contribution in [0.2, 0.25) is 18.1 Å². The molecule has 154 valence electrons. The molecule has 0 radical (unpaired) electrons. The maximum absolute atomic E-state index is 12.0. The molecule has 4 nitrogen and oxygen atoms in total. The molecule has 0 heterocycles. The molecule has 0 bridgehead atoms. The smallest absolute Gasteiger partial charge is 0.191 e. The van der Waals surface area contributed by atoms with Gasteiger partial charge in [-0.1, -0.05) is 46.8 Å². The molecule has 27 heavy (non-hydrogen) atoms. The van der Waals surface area contributed by atoms with Crippen LogP contribution in [0.25, 0.3) is 0 Å². The summed E-state index contributed by atoms with van der Waals surface area (Å²) in [6.45, 7) is 18.0. The van der Waals surface area contributed by atoms with Crippen molar-refractivity contribution in [3.8, 4) is 5.75 Å². The Bertz CT molecular complexity index is 589. The van der Waals surface area contributed by atoms with Crippen LogP contribution >= 0.6 is 0 Å². The SMILES string of the molecule is COc1ccc(CO[C@@H]([C@H](C)C(C)=O)[C@@H](C)CO[Si](C)(C)C(C)(C)C)cc1. The third-order valence-corrected chi connectivity index (χ3v) is 10.3. The van der Waals surface area contributed by atoms with Crippen LogP contribution in [0.3, 0.4) is 0 Å². The number of hydrogen-bond acceptors (Lipinski definition) is 4. The summed E-state index contributed by atoms with van der Waals surface area (Å²) >= 11 is 0. The van der Waals surface area contributed by atoms with E-state index in [0.29, 0.717) is 13.2 Å². The van der Waals surface area contributed by atoms with Crippen LogP contribution in [0.1, 0.15) is 47.1 Å². The van der Waals surface area contributed by atoms with Crippen LogP contribution in [-0.4, -0.2) is 33.9 Å². The Labute approximate surface area is 166 Å². The minimum atomic E-state index is -1.83. The van der Waals surface area contributed by atoms with Gasteiger partial charge in [0.05, 0.1) is 19.8 Å². The predicted molar refractivity (Wildman–Crippen MR) is 114 cm³/mol. The van der Waals surface area contributed by atoms with Gasteiger partial charge in [0.1, 0.15) is 11.5 Å². The Balaban J connectivity index is 2.79. The minimum absolute atomic E-state index is 0.135. The van der Waals surface area contributed by atoms with E-state index >= 15 is 0 Å². The highest BCUT2D eigenvalue weighted by molar-refractivity contribution is 6.74. The molecule has 3 atom stereocenters. The number of ether oxygens (including phenoxy) is 2. The fraction of sp³-hybridized carbons (Fsp3) is 0.682. The zero-order valence-electron chi connectivity index (χ0n) is 18.6. The molecule has 1 rings (SSSR count). The first kappa shape index (κ1) is 23.9. The van der Waals surface area contributed by atoms with E-state index < -0.39 is 8.32 Å². The standard InChI is InChI=1S/C22H38O4Si/c1-16(14-26-27(8,9)22(4,5)6)21(17(2)18(3)23)25-15-19-10-12-20(24-7)13-11-19/h10-13,16-17,21H,14-15H2,1-9H3/t16-,17+,21+/m0/s1. The molecule has 5 heteroatoms. The van der Waals surface area contributed by atoms with Crippen LogP contribution in [0.4, 0.5) is 0 Å². The van der Waals surface area contributed by atoms with Crippen LogP contribution in [-0.2, 0) is 20.6 Å². The number of rotatable bonds is 10. The van der Waals surface area contributed by atoms with Gasteiger partial charge in [-0.3, -0.25) is 4.79 Å². The molecule has 0 saturated carbocycles. The number of carbonyl (C=O) groups excluding carboxylic acids is 1. The lowest BCUT2D eigenvalue weighted by molar-refractivity contribution is -0.128. The summed E-state index contributed by atoms with van der Waals surface area (Å²) in [4.78, 5) is 12.0. The number of methoxy groups -OCH3 is 1. The molecule has 0 aromatic heterocycles. The van der Waals surface area contributed by atoms with Gasteiger partial charge in [-0.05, 0) is 42.8 Å². The maximum Gasteiger partial charge on any atom is 0.191 e. The van der Waals surface area contributed by atoms with E-state index in [9.17, 15) is 4.79 Å². The fourth-order valence-corrected chi connectivity index (χ4v) is 3.71. The first-order chi connectivity index (χ1) is 12.4. The van der Waals surface area contributed by atoms with Crippen molar-refractivity contribution in [1.82, 2.24) is 0 Å². The summed E-state index contributed by atoms with van der Waals surface area (Å²) in [6.07, 6.45) is -0.172. The Morgan fingerprint density at radius 3 is 2.11 bits per heavy atom. The molecule has 0 N–H and O–H groups in total. The summed E-state index contributed by atoms with van der Waals surface area (Å²) in [6, 6.07) is 7.83. The van der Waals surface area contributed by atoms with Crippen LogP contribution in [0, 0.1) is 11.8 Å². The first-order valence-electron chi connectivity index (χ1n) is 9.78. The van der Waals surface area contributed by atoms with Crippen molar-refractivity contribution in [2.24, 2.45) is 11.8 Å². The molecule has 0 aliphatic carbocycles. The summed E-state index contributed by atoms with van der Waals surface area (Å²) in [7, 11) is -0.174. The lowest BCUT2D eigenvalue weighted by Crippen LogP contribution is -2.44. The van der Waals surface area contributed by atoms with Gasteiger partial charge >= 0.3 is 0 Å². The van der Waals surface area contributed by atoms with Gasteiger partial charge in [0, 0.05) is 18.4 Å². The topological polar surface area (TPSA) is 44.8 Å². The van der Waals surface area contributed by atoms with Crippen molar-refractivity contribution < 1.29 is 18.7 Å². The Hall–Kier alpha value is -1.17. The average molecular weight is 395 g/mol. The first-order valence-corrected chi connectivity index (χ1v) is 12.7. The van der Waals surface area contributed by atoms with E-state index in [1.54, 1.807) is 14.0 Å². The van der Waals surface area contributed by atoms with Gasteiger partial charge in [-0.25, -0.2) is 0 Å². The summed E-state index contributed by atoms with van der Waals surface area (Å²) in [5, 5.41) is 0.165. The second kappa shape index (κ2) is 9.85. The maximum atomic E-state index is 12.0. The van der Waals surface area contributed by atoms with Gasteiger partial charge in [0.2, 0.25) is 0 Å². The van der Waals surface area contributed by atoms with E-state index in [2.05, 4.69) is 40.8 Å². The van der Waals surface area contributed by atoms with E-state index in [1.807, 2.05) is 31.2 Å². The summed E-state index contributed by atoms with van der Waals surface area (Å²) in [5.74, 6) is 0.940. The highest BCUT2D eigenvalue weighted by Crippen LogP contribution is 2.37. The second-order valence-corrected chi connectivity index (χ2v) is 13.9. The number of hydrogen-bond donors (Lipinski definition) is 0. The van der Waals surface area contributed by atoms with Crippen LogP contribution in [0.5, 0.6) is 5.75 Å². The van der Waals surface area contributed by atoms with Crippen LogP contribution < -0.4 is 4.74 Å². The molecule has 0 fully saturated rings.